The van der Waals surface area contributed by atoms with E-state index < -0.39 is 0 Å². The van der Waals surface area contributed by atoms with E-state index >= 15 is 0 Å². The molecule has 0 unspecified atom stereocenters. The quantitative estimate of drug-likeness (QED) is 0.850. The van der Waals surface area contributed by atoms with Gasteiger partial charge in [0.15, 0.2) is 0 Å². The van der Waals surface area contributed by atoms with Crippen LogP contribution in [-0.4, -0.2) is 6.04 Å². The minimum absolute atomic E-state index is 0.538. The lowest BCUT2D eigenvalue weighted by Crippen LogP contribution is -2.21. The first-order chi connectivity index (χ1) is 8.56. The van der Waals surface area contributed by atoms with Crippen LogP contribution in [0.1, 0.15) is 29.9 Å². The highest BCUT2D eigenvalue weighted by Crippen LogP contribution is 2.31. The van der Waals surface area contributed by atoms with Crippen LogP contribution in [0.2, 0.25) is 0 Å². The smallest absolute Gasteiger partial charge is 0.0348 e. The summed E-state index contributed by atoms with van der Waals surface area (Å²) in [5.41, 5.74) is 4.05. The van der Waals surface area contributed by atoms with Crippen molar-refractivity contribution in [3.05, 3.63) is 46.3 Å². The summed E-state index contributed by atoms with van der Waals surface area (Å²) in [5, 5.41) is 3.46. The van der Waals surface area contributed by atoms with Gasteiger partial charge in [0.2, 0.25) is 0 Å². The summed E-state index contributed by atoms with van der Waals surface area (Å²) in [7, 11) is 0. The van der Waals surface area contributed by atoms with Crippen molar-refractivity contribution in [2.45, 2.75) is 40.3 Å². The lowest BCUT2D eigenvalue weighted by atomic mass is 10.0. The first-order valence-corrected chi connectivity index (χ1v) is 7.27. The summed E-state index contributed by atoms with van der Waals surface area (Å²) < 4.78 is 0. The number of hydrogen-bond acceptors (Lipinski definition) is 2. The summed E-state index contributed by atoms with van der Waals surface area (Å²) in [6, 6.07) is 11.7. The van der Waals surface area contributed by atoms with Crippen LogP contribution in [0, 0.1) is 13.8 Å². The molecule has 0 bridgehead atoms. The summed E-state index contributed by atoms with van der Waals surface area (Å²) in [6.07, 6.45) is 0. The van der Waals surface area contributed by atoms with Crippen LogP contribution >= 0.6 is 11.3 Å². The molecular formula is C16H21NS. The summed E-state index contributed by atoms with van der Waals surface area (Å²) in [6.45, 7) is 9.66. The molecule has 1 aromatic carbocycles. The monoisotopic (exact) mass is 259 g/mol. The van der Waals surface area contributed by atoms with E-state index in [1.165, 1.54) is 26.4 Å². The van der Waals surface area contributed by atoms with Crippen molar-refractivity contribution >= 4 is 11.3 Å². The van der Waals surface area contributed by atoms with Gasteiger partial charge in [-0.2, -0.15) is 0 Å². The van der Waals surface area contributed by atoms with E-state index in [1.807, 2.05) is 11.3 Å². The zero-order chi connectivity index (χ0) is 13.1. The van der Waals surface area contributed by atoms with Crippen molar-refractivity contribution in [1.29, 1.82) is 0 Å². The van der Waals surface area contributed by atoms with Crippen LogP contribution in [0.4, 0.5) is 0 Å². The van der Waals surface area contributed by atoms with E-state index in [2.05, 4.69) is 63.3 Å². The van der Waals surface area contributed by atoms with E-state index in [0.717, 1.165) is 6.54 Å². The maximum Gasteiger partial charge on any atom is 0.0348 e. The molecule has 0 aliphatic rings. The number of thiophene rings is 1. The van der Waals surface area contributed by atoms with Crippen LogP contribution < -0.4 is 5.32 Å². The Morgan fingerprint density at radius 2 is 1.89 bits per heavy atom. The first-order valence-electron chi connectivity index (χ1n) is 6.46. The van der Waals surface area contributed by atoms with Gasteiger partial charge in [0, 0.05) is 22.3 Å². The zero-order valence-electron chi connectivity index (χ0n) is 11.6. The SMILES string of the molecule is Cc1ccc(C)c(-c2ccc(CNC(C)C)s2)c1. The first kappa shape index (κ1) is 13.3. The topological polar surface area (TPSA) is 12.0 Å². The van der Waals surface area contributed by atoms with Crippen molar-refractivity contribution < 1.29 is 0 Å². The minimum atomic E-state index is 0.538. The highest BCUT2D eigenvalue weighted by molar-refractivity contribution is 7.15. The molecule has 1 nitrogen and oxygen atoms in total. The molecule has 0 fully saturated rings. The normalized spacial score (nSPS) is 11.2. The van der Waals surface area contributed by atoms with Gasteiger partial charge in [-0.15, -0.1) is 11.3 Å². The Morgan fingerprint density at radius 1 is 1.11 bits per heavy atom. The fraction of sp³-hybridized carbons (Fsp3) is 0.375. The molecule has 0 saturated carbocycles. The fourth-order valence-corrected chi connectivity index (χ4v) is 2.96. The molecule has 0 spiro atoms. The minimum Gasteiger partial charge on any atom is -0.310 e. The highest BCUT2D eigenvalue weighted by atomic mass is 32.1. The molecule has 1 aromatic heterocycles. The summed E-state index contributed by atoms with van der Waals surface area (Å²) in [4.78, 5) is 2.77. The van der Waals surface area contributed by atoms with Crippen LogP contribution in [0.5, 0.6) is 0 Å². The Labute approximate surface area is 114 Å². The molecule has 18 heavy (non-hydrogen) atoms. The molecule has 0 atom stereocenters. The molecule has 0 aliphatic heterocycles. The Kier molecular flexibility index (Phi) is 4.20. The largest absolute Gasteiger partial charge is 0.310 e. The Morgan fingerprint density at radius 3 is 2.61 bits per heavy atom. The Bertz CT molecular complexity index is 526. The lowest BCUT2D eigenvalue weighted by Gasteiger charge is -2.06. The van der Waals surface area contributed by atoms with Crippen LogP contribution in [-0.2, 0) is 6.54 Å². The summed E-state index contributed by atoms with van der Waals surface area (Å²) in [5.74, 6) is 0. The average molecular weight is 259 g/mol. The maximum absolute atomic E-state index is 3.46. The second-order valence-electron chi connectivity index (χ2n) is 5.12. The molecular weight excluding hydrogens is 238 g/mol. The maximum atomic E-state index is 3.46. The van der Waals surface area contributed by atoms with E-state index in [4.69, 9.17) is 0 Å². The molecule has 1 heterocycles. The van der Waals surface area contributed by atoms with E-state index in [0.29, 0.717) is 6.04 Å². The molecule has 0 amide bonds. The standard InChI is InChI=1S/C16H21NS/c1-11(2)17-10-14-7-8-16(18-14)15-9-12(3)5-6-13(15)4/h5-9,11,17H,10H2,1-4H3. The summed E-state index contributed by atoms with van der Waals surface area (Å²) >= 11 is 1.89. The third kappa shape index (κ3) is 3.21. The molecule has 96 valence electrons. The number of nitrogens with one attached hydrogen (secondary N) is 1. The van der Waals surface area contributed by atoms with Gasteiger partial charge in [-0.25, -0.2) is 0 Å². The van der Waals surface area contributed by atoms with Crippen LogP contribution in [0.15, 0.2) is 30.3 Å². The lowest BCUT2D eigenvalue weighted by molar-refractivity contribution is 0.593. The second-order valence-corrected chi connectivity index (χ2v) is 6.29. The number of rotatable bonds is 4. The number of aryl methyl sites for hydroxylation is 2. The van der Waals surface area contributed by atoms with Gasteiger partial charge in [-0.3, -0.25) is 0 Å². The van der Waals surface area contributed by atoms with Gasteiger partial charge in [-0.05, 0) is 37.1 Å². The predicted octanol–water partition coefficient (Wildman–Crippen LogP) is 4.53. The van der Waals surface area contributed by atoms with Crippen LogP contribution in [0.25, 0.3) is 10.4 Å². The van der Waals surface area contributed by atoms with Gasteiger partial charge in [0.25, 0.3) is 0 Å². The van der Waals surface area contributed by atoms with Crippen molar-refractivity contribution in [2.24, 2.45) is 0 Å². The molecule has 2 aromatic rings. The predicted molar refractivity (Wildman–Crippen MR) is 81.2 cm³/mol. The van der Waals surface area contributed by atoms with Gasteiger partial charge in [-0.1, -0.05) is 37.6 Å². The molecule has 2 rings (SSSR count). The molecule has 1 N–H and O–H groups in total. The molecule has 0 aliphatic carbocycles. The van der Waals surface area contributed by atoms with Crippen molar-refractivity contribution in [3.63, 3.8) is 0 Å². The Balaban J connectivity index is 2.21. The van der Waals surface area contributed by atoms with Crippen molar-refractivity contribution in [1.82, 2.24) is 5.32 Å². The van der Waals surface area contributed by atoms with E-state index in [-0.39, 0.29) is 0 Å². The van der Waals surface area contributed by atoms with Gasteiger partial charge in [0.1, 0.15) is 0 Å². The molecule has 0 saturated heterocycles. The van der Waals surface area contributed by atoms with Gasteiger partial charge < -0.3 is 5.32 Å². The zero-order valence-corrected chi connectivity index (χ0v) is 12.4. The Hall–Kier alpha value is -1.12. The van der Waals surface area contributed by atoms with Crippen molar-refractivity contribution in [2.75, 3.05) is 0 Å². The van der Waals surface area contributed by atoms with Crippen molar-refractivity contribution in [3.8, 4) is 10.4 Å². The van der Waals surface area contributed by atoms with E-state index in [1.54, 1.807) is 0 Å². The van der Waals surface area contributed by atoms with Gasteiger partial charge >= 0.3 is 0 Å². The fourth-order valence-electron chi connectivity index (χ4n) is 1.92. The van der Waals surface area contributed by atoms with Gasteiger partial charge in [0.05, 0.1) is 0 Å². The second kappa shape index (κ2) is 5.68. The molecule has 0 radical (unpaired) electrons. The molecule has 2 heteroatoms. The third-order valence-corrected chi connectivity index (χ3v) is 4.12. The highest BCUT2D eigenvalue weighted by Gasteiger charge is 2.06. The van der Waals surface area contributed by atoms with Crippen LogP contribution in [0.3, 0.4) is 0 Å². The number of benzene rings is 1. The number of hydrogen-bond donors (Lipinski definition) is 1. The average Bonchev–Trinajstić information content (AvgIpc) is 2.78. The third-order valence-electron chi connectivity index (χ3n) is 3.00. The van der Waals surface area contributed by atoms with E-state index in [9.17, 15) is 0 Å².